The Morgan fingerprint density at radius 3 is 2.81 bits per heavy atom. The van der Waals surface area contributed by atoms with E-state index in [1.54, 1.807) is 11.0 Å². The van der Waals surface area contributed by atoms with Crippen molar-refractivity contribution in [3.05, 3.63) is 53.3 Å². The van der Waals surface area contributed by atoms with E-state index in [-0.39, 0.29) is 12.0 Å². The number of nitrogens with one attached hydrogen (secondary N) is 1. The Kier molecular flexibility index (Phi) is 6.17. The topological polar surface area (TPSA) is 67.4 Å². The maximum Gasteiger partial charge on any atom is 0.272 e. The predicted molar refractivity (Wildman–Crippen MR) is 101 cm³/mol. The van der Waals surface area contributed by atoms with Gasteiger partial charge in [0.05, 0.1) is 6.10 Å². The van der Waals surface area contributed by atoms with Crippen LogP contribution in [0.5, 0.6) is 0 Å². The number of nitrogens with zero attached hydrogens (tertiary/aromatic N) is 3. The summed E-state index contributed by atoms with van der Waals surface area (Å²) >= 11 is 0. The molecule has 1 atom stereocenters. The van der Waals surface area contributed by atoms with Gasteiger partial charge < -0.3 is 15.0 Å². The van der Waals surface area contributed by atoms with Crippen LogP contribution in [0.4, 0.5) is 5.95 Å². The fraction of sp³-hybridized carbons (Fsp3) is 0.450. The number of aryl methyl sites for hydroxylation is 1. The molecule has 1 fully saturated rings. The van der Waals surface area contributed by atoms with E-state index in [4.69, 9.17) is 4.74 Å². The van der Waals surface area contributed by atoms with E-state index in [9.17, 15) is 4.79 Å². The third kappa shape index (κ3) is 4.79. The van der Waals surface area contributed by atoms with Crippen molar-refractivity contribution < 1.29 is 9.53 Å². The highest BCUT2D eigenvalue weighted by Gasteiger charge is 2.19. The van der Waals surface area contributed by atoms with Crippen LogP contribution in [-0.4, -0.2) is 46.6 Å². The second-order valence-electron chi connectivity index (χ2n) is 6.54. The van der Waals surface area contributed by atoms with Gasteiger partial charge in [-0.3, -0.25) is 4.79 Å². The summed E-state index contributed by atoms with van der Waals surface area (Å²) in [4.78, 5) is 23.6. The minimum Gasteiger partial charge on any atom is -0.376 e. The third-order valence-corrected chi connectivity index (χ3v) is 4.47. The summed E-state index contributed by atoms with van der Waals surface area (Å²) in [7, 11) is 0. The highest BCUT2D eigenvalue weighted by molar-refractivity contribution is 5.92. The largest absolute Gasteiger partial charge is 0.376 e. The average Bonchev–Trinajstić information content (AvgIpc) is 3.18. The van der Waals surface area contributed by atoms with Crippen LogP contribution in [0.25, 0.3) is 0 Å². The Bertz CT molecular complexity index is 730. The lowest BCUT2D eigenvalue weighted by Crippen LogP contribution is -2.31. The van der Waals surface area contributed by atoms with Gasteiger partial charge in [-0.25, -0.2) is 9.97 Å². The van der Waals surface area contributed by atoms with Gasteiger partial charge in [0, 0.05) is 31.9 Å². The van der Waals surface area contributed by atoms with Crippen LogP contribution in [-0.2, 0) is 11.3 Å². The van der Waals surface area contributed by atoms with Gasteiger partial charge in [-0.15, -0.1) is 0 Å². The third-order valence-electron chi connectivity index (χ3n) is 4.47. The van der Waals surface area contributed by atoms with Crippen molar-refractivity contribution in [1.82, 2.24) is 14.9 Å². The van der Waals surface area contributed by atoms with Crippen LogP contribution in [0, 0.1) is 6.92 Å². The van der Waals surface area contributed by atoms with Crippen LogP contribution in [0.1, 0.15) is 41.5 Å². The lowest BCUT2D eigenvalue weighted by atomic mass is 10.2. The Balaban J connectivity index is 1.70. The molecule has 2 heterocycles. The van der Waals surface area contributed by atoms with Crippen molar-refractivity contribution >= 4 is 11.9 Å². The molecule has 1 unspecified atom stereocenters. The van der Waals surface area contributed by atoms with E-state index in [0.717, 1.165) is 30.7 Å². The minimum absolute atomic E-state index is 0.0815. The highest BCUT2D eigenvalue weighted by atomic mass is 16.5. The van der Waals surface area contributed by atoms with E-state index in [2.05, 4.69) is 15.3 Å². The van der Waals surface area contributed by atoms with E-state index in [1.165, 1.54) is 0 Å². The molecule has 3 rings (SSSR count). The van der Waals surface area contributed by atoms with Gasteiger partial charge >= 0.3 is 0 Å². The zero-order chi connectivity index (χ0) is 18.4. The molecular formula is C20H26N4O2. The first-order valence-electron chi connectivity index (χ1n) is 9.20. The smallest absolute Gasteiger partial charge is 0.272 e. The Morgan fingerprint density at radius 1 is 1.31 bits per heavy atom. The molecule has 2 aromatic rings. The monoisotopic (exact) mass is 354 g/mol. The summed E-state index contributed by atoms with van der Waals surface area (Å²) in [6.07, 6.45) is 2.34. The average molecular weight is 354 g/mol. The molecular weight excluding hydrogens is 328 g/mol. The highest BCUT2D eigenvalue weighted by Crippen LogP contribution is 2.14. The van der Waals surface area contributed by atoms with E-state index < -0.39 is 0 Å². The summed E-state index contributed by atoms with van der Waals surface area (Å²) < 4.78 is 5.61. The fourth-order valence-electron chi connectivity index (χ4n) is 3.06. The van der Waals surface area contributed by atoms with Gasteiger partial charge in [0.2, 0.25) is 5.95 Å². The van der Waals surface area contributed by atoms with Crippen molar-refractivity contribution in [1.29, 1.82) is 0 Å². The molecule has 0 saturated carbocycles. The van der Waals surface area contributed by atoms with Crippen molar-refractivity contribution in [2.45, 2.75) is 39.3 Å². The van der Waals surface area contributed by atoms with Crippen molar-refractivity contribution in [2.75, 3.05) is 25.0 Å². The molecule has 0 aliphatic carbocycles. The maximum absolute atomic E-state index is 12.9. The molecule has 1 aromatic carbocycles. The first kappa shape index (κ1) is 18.3. The number of hydrogen-bond donors (Lipinski definition) is 1. The number of rotatable bonds is 7. The van der Waals surface area contributed by atoms with Gasteiger partial charge in [-0.1, -0.05) is 30.3 Å². The number of benzene rings is 1. The van der Waals surface area contributed by atoms with Crippen molar-refractivity contribution in [2.24, 2.45) is 0 Å². The van der Waals surface area contributed by atoms with Crippen LogP contribution >= 0.6 is 0 Å². The molecule has 0 spiro atoms. The summed E-state index contributed by atoms with van der Waals surface area (Å²) in [6, 6.07) is 11.7. The van der Waals surface area contributed by atoms with Gasteiger partial charge in [-0.05, 0) is 38.3 Å². The summed E-state index contributed by atoms with van der Waals surface area (Å²) in [5.41, 5.74) is 2.30. The SMILES string of the molecule is CCN(Cc1ccccc1)C(=O)c1cc(C)nc(NCC2CCCO2)n1. The molecule has 1 aliphatic heterocycles. The number of carbonyl (C=O) groups excluding carboxylic acids is 1. The Morgan fingerprint density at radius 2 is 2.12 bits per heavy atom. The van der Waals surface area contributed by atoms with E-state index >= 15 is 0 Å². The molecule has 6 heteroatoms. The molecule has 1 N–H and O–H groups in total. The summed E-state index contributed by atoms with van der Waals surface area (Å²) in [5.74, 6) is 0.404. The molecule has 138 valence electrons. The lowest BCUT2D eigenvalue weighted by Gasteiger charge is -2.21. The number of amides is 1. The predicted octanol–water partition coefficient (Wildman–Crippen LogP) is 3.04. The van der Waals surface area contributed by atoms with Gasteiger partial charge in [-0.2, -0.15) is 0 Å². The van der Waals surface area contributed by atoms with Crippen LogP contribution in [0.15, 0.2) is 36.4 Å². The van der Waals surface area contributed by atoms with Crippen molar-refractivity contribution in [3.8, 4) is 0 Å². The van der Waals surface area contributed by atoms with Gasteiger partial charge in [0.1, 0.15) is 5.69 Å². The summed E-state index contributed by atoms with van der Waals surface area (Å²) in [6.45, 7) is 6.52. The number of hydrogen-bond acceptors (Lipinski definition) is 5. The molecule has 1 saturated heterocycles. The maximum atomic E-state index is 12.9. The number of ether oxygens (including phenoxy) is 1. The number of anilines is 1. The molecule has 0 bridgehead atoms. The standard InChI is InChI=1S/C20H26N4O2/c1-3-24(14-16-8-5-4-6-9-16)19(25)18-12-15(2)22-20(23-18)21-13-17-10-7-11-26-17/h4-6,8-9,12,17H,3,7,10-11,13-14H2,1-2H3,(H,21,22,23). The van der Waals surface area contributed by atoms with Crippen molar-refractivity contribution in [3.63, 3.8) is 0 Å². The zero-order valence-corrected chi connectivity index (χ0v) is 15.4. The Hall–Kier alpha value is -2.47. The van der Waals surface area contributed by atoms with E-state index in [0.29, 0.717) is 31.3 Å². The van der Waals surface area contributed by atoms with Gasteiger partial charge in [0.25, 0.3) is 5.91 Å². The molecule has 0 radical (unpaired) electrons. The lowest BCUT2D eigenvalue weighted by molar-refractivity contribution is 0.0746. The molecule has 26 heavy (non-hydrogen) atoms. The zero-order valence-electron chi connectivity index (χ0n) is 15.4. The molecule has 6 nitrogen and oxygen atoms in total. The first-order valence-corrected chi connectivity index (χ1v) is 9.20. The molecule has 1 amide bonds. The van der Waals surface area contributed by atoms with Crippen LogP contribution in [0.2, 0.25) is 0 Å². The quantitative estimate of drug-likeness (QED) is 0.828. The molecule has 1 aromatic heterocycles. The summed E-state index contributed by atoms with van der Waals surface area (Å²) in [5, 5.41) is 3.21. The molecule has 1 aliphatic rings. The van der Waals surface area contributed by atoms with Gasteiger partial charge in [0.15, 0.2) is 0 Å². The first-order chi connectivity index (χ1) is 12.7. The van der Waals surface area contributed by atoms with E-state index in [1.807, 2.05) is 44.2 Å². The minimum atomic E-state index is -0.0815. The van der Waals surface area contributed by atoms with Crippen LogP contribution in [0.3, 0.4) is 0 Å². The second kappa shape index (κ2) is 8.76. The second-order valence-corrected chi connectivity index (χ2v) is 6.54. The Labute approximate surface area is 154 Å². The van der Waals surface area contributed by atoms with Crippen LogP contribution < -0.4 is 5.32 Å². The fourth-order valence-corrected chi connectivity index (χ4v) is 3.06. The normalized spacial score (nSPS) is 16.5. The number of carbonyl (C=O) groups is 1. The number of aromatic nitrogens is 2.